The van der Waals surface area contributed by atoms with E-state index in [1.165, 1.54) is 0 Å². The second kappa shape index (κ2) is 9.48. The Hall–Kier alpha value is -0.610. The minimum Gasteiger partial charge on any atom is -0.396 e. The predicted molar refractivity (Wildman–Crippen MR) is 50.3 cm³/mol. The molecule has 0 saturated carbocycles. The molecule has 1 fully saturated rings. The fourth-order valence-corrected chi connectivity index (χ4v) is 0.966. The van der Waals surface area contributed by atoms with Crippen LogP contribution in [-0.2, 0) is 4.79 Å². The molecule has 1 saturated heterocycles. The summed E-state index contributed by atoms with van der Waals surface area (Å²) in [4.78, 5) is 10.1. The normalized spacial score (nSPS) is 14.8. The largest absolute Gasteiger partial charge is 0.396 e. The molecule has 78 valence electrons. The Morgan fingerprint density at radius 3 is 2.00 bits per heavy atom. The summed E-state index contributed by atoms with van der Waals surface area (Å²) in [5.41, 5.74) is 0. The molecule has 0 unspecified atom stereocenters. The van der Waals surface area contributed by atoms with Crippen molar-refractivity contribution in [3.05, 3.63) is 0 Å². The highest BCUT2D eigenvalue weighted by molar-refractivity contribution is 5.77. The second-order valence-electron chi connectivity index (χ2n) is 2.96. The number of nitrogens with one attached hydrogen (secondary N) is 1. The van der Waals surface area contributed by atoms with Gasteiger partial charge in [0.25, 0.3) is 0 Å². The molecule has 1 aliphatic rings. The molecule has 0 aromatic heterocycles. The summed E-state index contributed by atoms with van der Waals surface area (Å²) >= 11 is 0. The van der Waals surface area contributed by atoms with Crippen molar-refractivity contribution in [1.82, 2.24) is 5.32 Å². The molecule has 0 aliphatic carbocycles. The third-order valence-corrected chi connectivity index (χ3v) is 1.72. The van der Waals surface area contributed by atoms with Crippen LogP contribution in [0.2, 0.25) is 0 Å². The molecule has 4 nitrogen and oxygen atoms in total. The molecule has 0 aromatic carbocycles. The van der Waals surface area contributed by atoms with Crippen molar-refractivity contribution in [2.75, 3.05) is 19.8 Å². The van der Waals surface area contributed by atoms with Crippen molar-refractivity contribution in [3.63, 3.8) is 0 Å². The maximum atomic E-state index is 10.1. The summed E-state index contributed by atoms with van der Waals surface area (Å²) in [5.74, 6) is 0.204. The van der Waals surface area contributed by atoms with Crippen molar-refractivity contribution in [1.29, 1.82) is 0 Å². The average Bonchev–Trinajstić information content (AvgIpc) is 2.58. The van der Waals surface area contributed by atoms with E-state index in [4.69, 9.17) is 10.2 Å². The Kier molecular flexibility index (Phi) is 9.03. The summed E-state index contributed by atoms with van der Waals surface area (Å²) in [6, 6.07) is 0. The van der Waals surface area contributed by atoms with Gasteiger partial charge in [-0.2, -0.15) is 0 Å². The summed E-state index contributed by atoms with van der Waals surface area (Å²) in [5, 5.41) is 19.1. The topological polar surface area (TPSA) is 69.6 Å². The van der Waals surface area contributed by atoms with Gasteiger partial charge < -0.3 is 15.5 Å². The third-order valence-electron chi connectivity index (χ3n) is 1.72. The Morgan fingerprint density at radius 2 is 1.77 bits per heavy atom. The molecule has 0 bridgehead atoms. The molecule has 0 aromatic rings. The predicted octanol–water partition coefficient (Wildman–Crippen LogP) is 0.0377. The molecule has 1 amide bonds. The Labute approximate surface area is 79.0 Å². The molecule has 0 radical (unpaired) electrons. The molecule has 3 N–H and O–H groups in total. The highest BCUT2D eigenvalue weighted by atomic mass is 16.3. The van der Waals surface area contributed by atoms with Gasteiger partial charge in [0, 0.05) is 26.2 Å². The molecule has 0 spiro atoms. The maximum absolute atomic E-state index is 10.1. The van der Waals surface area contributed by atoms with Crippen molar-refractivity contribution in [2.24, 2.45) is 0 Å². The van der Waals surface area contributed by atoms with Gasteiger partial charge in [-0.1, -0.05) is 0 Å². The first-order valence-corrected chi connectivity index (χ1v) is 4.79. The average molecular weight is 189 g/mol. The lowest BCUT2D eigenvalue weighted by atomic mass is 10.2. The fraction of sp³-hybridized carbons (Fsp3) is 0.889. The van der Waals surface area contributed by atoms with Crippen LogP contribution < -0.4 is 5.32 Å². The first kappa shape index (κ1) is 12.4. The van der Waals surface area contributed by atoms with Gasteiger partial charge >= 0.3 is 0 Å². The van der Waals surface area contributed by atoms with E-state index in [2.05, 4.69) is 5.32 Å². The van der Waals surface area contributed by atoms with Crippen molar-refractivity contribution < 1.29 is 15.0 Å². The smallest absolute Gasteiger partial charge is 0.220 e. The molecule has 1 rings (SSSR count). The van der Waals surface area contributed by atoms with Gasteiger partial charge in [-0.05, 0) is 25.7 Å². The maximum Gasteiger partial charge on any atom is 0.220 e. The van der Waals surface area contributed by atoms with Crippen LogP contribution in [0.15, 0.2) is 0 Å². The summed E-state index contributed by atoms with van der Waals surface area (Å²) in [7, 11) is 0. The first-order chi connectivity index (χ1) is 6.31. The van der Waals surface area contributed by atoms with Crippen LogP contribution in [0, 0.1) is 0 Å². The number of aliphatic hydroxyl groups is 2. The monoisotopic (exact) mass is 189 g/mol. The molecular weight excluding hydrogens is 170 g/mol. The lowest BCUT2D eigenvalue weighted by Gasteiger charge is -1.90. The van der Waals surface area contributed by atoms with E-state index in [9.17, 15) is 4.79 Å². The summed E-state index contributed by atoms with van der Waals surface area (Å²) < 4.78 is 0. The number of carbonyl (C=O) groups is 1. The Morgan fingerprint density at radius 1 is 1.15 bits per heavy atom. The molecule has 1 heterocycles. The number of rotatable bonds is 4. The highest BCUT2D eigenvalue weighted by Crippen LogP contribution is 1.93. The van der Waals surface area contributed by atoms with Crippen LogP contribution >= 0.6 is 0 Å². The fourth-order valence-electron chi connectivity index (χ4n) is 0.966. The van der Waals surface area contributed by atoms with E-state index < -0.39 is 0 Å². The lowest BCUT2D eigenvalue weighted by molar-refractivity contribution is -0.119. The van der Waals surface area contributed by atoms with Gasteiger partial charge in [0.05, 0.1) is 0 Å². The zero-order valence-electron chi connectivity index (χ0n) is 7.96. The zero-order chi connectivity index (χ0) is 9.94. The number of amides is 1. The minimum atomic E-state index is 0.204. The van der Waals surface area contributed by atoms with Crippen molar-refractivity contribution in [3.8, 4) is 0 Å². The standard InChI is InChI=1S/C5H12O2.C4H7NO/c6-4-2-1-3-5-7;6-4-2-1-3-5-4/h6-7H,1-5H2;1-3H2,(H,5,6). The number of hydrogen-bond donors (Lipinski definition) is 3. The first-order valence-electron chi connectivity index (χ1n) is 4.79. The summed E-state index contributed by atoms with van der Waals surface area (Å²) in [6.07, 6.45) is 4.34. The molecule has 4 heteroatoms. The minimum absolute atomic E-state index is 0.204. The van der Waals surface area contributed by atoms with Crippen LogP contribution in [0.5, 0.6) is 0 Å². The van der Waals surface area contributed by atoms with Gasteiger partial charge in [0.15, 0.2) is 0 Å². The van der Waals surface area contributed by atoms with Crippen LogP contribution in [0.1, 0.15) is 32.1 Å². The van der Waals surface area contributed by atoms with E-state index in [0.29, 0.717) is 0 Å². The van der Waals surface area contributed by atoms with Gasteiger partial charge in [-0.25, -0.2) is 0 Å². The summed E-state index contributed by atoms with van der Waals surface area (Å²) in [6.45, 7) is 1.39. The second-order valence-corrected chi connectivity index (χ2v) is 2.96. The van der Waals surface area contributed by atoms with Crippen molar-refractivity contribution in [2.45, 2.75) is 32.1 Å². The Bertz CT molecular complexity index is 116. The third kappa shape index (κ3) is 9.30. The molecule has 0 atom stereocenters. The zero-order valence-corrected chi connectivity index (χ0v) is 7.96. The molecular formula is C9H19NO3. The number of unbranched alkanes of at least 4 members (excludes halogenated alkanes) is 2. The number of hydrogen-bond acceptors (Lipinski definition) is 3. The van der Waals surface area contributed by atoms with E-state index in [0.717, 1.165) is 38.6 Å². The van der Waals surface area contributed by atoms with Crippen molar-refractivity contribution >= 4 is 5.91 Å². The molecule has 13 heavy (non-hydrogen) atoms. The Balaban J connectivity index is 0.000000223. The van der Waals surface area contributed by atoms with Gasteiger partial charge in [0.1, 0.15) is 0 Å². The lowest BCUT2D eigenvalue weighted by Crippen LogP contribution is -2.12. The SMILES string of the molecule is O=C1CCCN1.OCCCCCO. The van der Waals surface area contributed by atoms with Gasteiger partial charge in [-0.15, -0.1) is 0 Å². The van der Waals surface area contributed by atoms with Crippen LogP contribution in [0.25, 0.3) is 0 Å². The van der Waals surface area contributed by atoms with Gasteiger partial charge in [0.2, 0.25) is 5.91 Å². The van der Waals surface area contributed by atoms with Crippen LogP contribution in [-0.4, -0.2) is 35.9 Å². The van der Waals surface area contributed by atoms with E-state index in [1.54, 1.807) is 0 Å². The quantitative estimate of drug-likeness (QED) is 0.547. The number of aliphatic hydroxyl groups excluding tert-OH is 2. The molecule has 1 aliphatic heterocycles. The number of carbonyl (C=O) groups excluding carboxylic acids is 1. The van der Waals surface area contributed by atoms with E-state index >= 15 is 0 Å². The van der Waals surface area contributed by atoms with Gasteiger partial charge in [-0.3, -0.25) is 4.79 Å². The van der Waals surface area contributed by atoms with E-state index in [-0.39, 0.29) is 19.1 Å². The van der Waals surface area contributed by atoms with Crippen LogP contribution in [0.3, 0.4) is 0 Å². The highest BCUT2D eigenvalue weighted by Gasteiger charge is 2.05. The van der Waals surface area contributed by atoms with Crippen LogP contribution in [0.4, 0.5) is 0 Å². The van der Waals surface area contributed by atoms with E-state index in [1.807, 2.05) is 0 Å².